The third-order valence-electron chi connectivity index (χ3n) is 6.56. The van der Waals surface area contributed by atoms with Crippen molar-refractivity contribution in [3.8, 4) is 11.1 Å². The molecule has 0 fully saturated rings. The van der Waals surface area contributed by atoms with Gasteiger partial charge in [0.15, 0.2) is 0 Å². The van der Waals surface area contributed by atoms with Crippen LogP contribution in [0.25, 0.3) is 11.1 Å². The normalized spacial score (nSPS) is 17.2. The Bertz CT molecular complexity index is 1320. The van der Waals surface area contributed by atoms with Crippen molar-refractivity contribution in [3.63, 3.8) is 0 Å². The van der Waals surface area contributed by atoms with Gasteiger partial charge in [0.05, 0.1) is 18.8 Å². The molecule has 2 atom stereocenters. The van der Waals surface area contributed by atoms with Crippen LogP contribution in [0, 0.1) is 11.2 Å². The number of anilines is 2. The number of carboxylic acid groups (broad SMARTS) is 1. The lowest BCUT2D eigenvalue weighted by Gasteiger charge is -2.39. The molecule has 0 aliphatic carbocycles. The third-order valence-corrected chi connectivity index (χ3v) is 6.56. The minimum Gasteiger partial charge on any atom is -0.465 e. The van der Waals surface area contributed by atoms with Gasteiger partial charge >= 0.3 is 6.09 Å². The van der Waals surface area contributed by atoms with Crippen LogP contribution in [0.2, 0.25) is 0 Å². The van der Waals surface area contributed by atoms with Gasteiger partial charge in [0.1, 0.15) is 11.6 Å². The third kappa shape index (κ3) is 6.30. The summed E-state index contributed by atoms with van der Waals surface area (Å²) in [5.41, 5.74) is 3.36. The number of rotatable bonds is 7. The summed E-state index contributed by atoms with van der Waals surface area (Å²) in [6.07, 6.45) is 4.75. The first-order valence-corrected chi connectivity index (χ1v) is 12.7. The Kier molecular flexibility index (Phi) is 7.71. The number of carbonyl (C=O) groups is 2. The topological polar surface area (TPSA) is 104 Å². The monoisotopic (exact) mass is 522 g/mol. The number of carbonyl (C=O) groups excluding carboxylic acids is 1. The molecular formula is C28H35FN6O3. The van der Waals surface area contributed by atoms with Crippen LogP contribution in [0.3, 0.4) is 0 Å². The van der Waals surface area contributed by atoms with Crippen molar-refractivity contribution in [2.24, 2.45) is 5.41 Å². The second-order valence-corrected chi connectivity index (χ2v) is 11.1. The van der Waals surface area contributed by atoms with E-state index in [-0.39, 0.29) is 29.2 Å². The molecule has 2 N–H and O–H groups in total. The minimum absolute atomic E-state index is 0.0418. The van der Waals surface area contributed by atoms with Crippen LogP contribution < -0.4 is 10.2 Å². The average molecular weight is 523 g/mol. The van der Waals surface area contributed by atoms with Gasteiger partial charge in [-0.3, -0.25) is 9.48 Å². The lowest BCUT2D eigenvalue weighted by Crippen LogP contribution is -2.43. The summed E-state index contributed by atoms with van der Waals surface area (Å²) >= 11 is 0. The van der Waals surface area contributed by atoms with E-state index in [1.54, 1.807) is 22.7 Å². The van der Waals surface area contributed by atoms with Gasteiger partial charge in [-0.15, -0.1) is 0 Å². The molecule has 0 radical (unpaired) electrons. The molecule has 4 rings (SSSR count). The van der Waals surface area contributed by atoms with Crippen LogP contribution in [-0.2, 0) is 11.3 Å². The molecule has 9 nitrogen and oxygen atoms in total. The average Bonchev–Trinajstić information content (AvgIpc) is 3.29. The van der Waals surface area contributed by atoms with E-state index in [2.05, 4.69) is 15.4 Å². The summed E-state index contributed by atoms with van der Waals surface area (Å²) in [6.45, 7) is 10.8. The van der Waals surface area contributed by atoms with Gasteiger partial charge in [-0.25, -0.2) is 14.2 Å². The predicted octanol–water partition coefficient (Wildman–Crippen LogP) is 5.41. The number of nitrogens with zero attached hydrogens (tertiary/aromatic N) is 5. The van der Waals surface area contributed by atoms with Crippen LogP contribution in [-0.4, -0.2) is 55.9 Å². The van der Waals surface area contributed by atoms with Crippen molar-refractivity contribution in [1.82, 2.24) is 19.7 Å². The van der Waals surface area contributed by atoms with Gasteiger partial charge in [-0.1, -0.05) is 26.8 Å². The highest BCUT2D eigenvalue weighted by atomic mass is 19.1. The number of hydrogen-bond donors (Lipinski definition) is 2. The molecule has 202 valence electrons. The van der Waals surface area contributed by atoms with Crippen molar-refractivity contribution in [3.05, 3.63) is 60.3 Å². The number of fused-ring (bicyclic) bond motifs is 1. The Morgan fingerprint density at radius 2 is 1.97 bits per heavy atom. The molecule has 0 saturated carbocycles. The van der Waals surface area contributed by atoms with Gasteiger partial charge in [0, 0.05) is 55.8 Å². The number of pyridine rings is 1. The molecule has 1 aliphatic rings. The lowest BCUT2D eigenvalue weighted by atomic mass is 9.89. The summed E-state index contributed by atoms with van der Waals surface area (Å²) in [4.78, 5) is 31.6. The SMILES string of the molecule is CC(=O)N1c2ccc(-c3cnn(CCN(CC(C)(C)C)C(=O)O)c3)cc2[C@H](Nc2cc(F)ccn2)C[C@@H]1C. The zero-order chi connectivity index (χ0) is 27.6. The van der Waals surface area contributed by atoms with E-state index in [0.717, 1.165) is 22.4 Å². The largest absolute Gasteiger partial charge is 0.465 e. The van der Waals surface area contributed by atoms with Gasteiger partial charge in [-0.05, 0) is 48.1 Å². The maximum Gasteiger partial charge on any atom is 0.407 e. The summed E-state index contributed by atoms with van der Waals surface area (Å²) in [7, 11) is 0. The fourth-order valence-electron chi connectivity index (χ4n) is 5.00. The minimum atomic E-state index is -0.947. The van der Waals surface area contributed by atoms with E-state index < -0.39 is 6.09 Å². The number of amides is 2. The van der Waals surface area contributed by atoms with E-state index in [4.69, 9.17) is 0 Å². The highest BCUT2D eigenvalue weighted by Gasteiger charge is 2.33. The van der Waals surface area contributed by atoms with Gasteiger partial charge in [0.2, 0.25) is 5.91 Å². The van der Waals surface area contributed by atoms with Crippen molar-refractivity contribution >= 4 is 23.5 Å². The molecule has 0 bridgehead atoms. The molecule has 0 saturated heterocycles. The van der Waals surface area contributed by atoms with Crippen LogP contribution in [0.15, 0.2) is 48.9 Å². The molecule has 3 heterocycles. The molecule has 3 aromatic rings. The Morgan fingerprint density at radius 1 is 1.21 bits per heavy atom. The maximum absolute atomic E-state index is 13.8. The highest BCUT2D eigenvalue weighted by molar-refractivity contribution is 5.94. The molecule has 38 heavy (non-hydrogen) atoms. The summed E-state index contributed by atoms with van der Waals surface area (Å²) in [5.74, 6) is 0.0165. The smallest absolute Gasteiger partial charge is 0.407 e. The van der Waals surface area contributed by atoms with Crippen molar-refractivity contribution < 1.29 is 19.1 Å². The Labute approximate surface area is 222 Å². The highest BCUT2D eigenvalue weighted by Crippen LogP contribution is 2.41. The Hall–Kier alpha value is -3.95. The molecule has 0 unspecified atom stereocenters. The summed E-state index contributed by atoms with van der Waals surface area (Å²) in [5, 5.41) is 17.4. The number of halogens is 1. The number of aromatic nitrogens is 3. The van der Waals surface area contributed by atoms with Crippen molar-refractivity contribution in [2.45, 2.75) is 59.7 Å². The van der Waals surface area contributed by atoms with E-state index in [9.17, 15) is 19.1 Å². The second kappa shape index (κ2) is 10.8. The van der Waals surface area contributed by atoms with Crippen molar-refractivity contribution in [2.75, 3.05) is 23.3 Å². The molecule has 1 aliphatic heterocycles. The number of benzene rings is 1. The first-order chi connectivity index (χ1) is 17.9. The number of hydrogen-bond acceptors (Lipinski definition) is 5. The standard InChI is InChI=1S/C28H35FN6O3/c1-18-12-24(32-26-14-22(29)8-9-30-26)23-13-20(6-7-25(23)35(18)19(2)36)21-15-31-34(16-21)11-10-33(27(37)38)17-28(3,4)5/h6-9,13-16,18,24H,10-12,17H2,1-5H3,(H,30,32)(H,37,38)/t18-,24+/m0/s1. The lowest BCUT2D eigenvalue weighted by molar-refractivity contribution is -0.117. The summed E-state index contributed by atoms with van der Waals surface area (Å²) in [6, 6.07) is 8.34. The van der Waals surface area contributed by atoms with Crippen LogP contribution in [0.5, 0.6) is 0 Å². The van der Waals surface area contributed by atoms with E-state index in [1.807, 2.05) is 52.1 Å². The fourth-order valence-corrected chi connectivity index (χ4v) is 5.00. The Morgan fingerprint density at radius 3 is 2.63 bits per heavy atom. The first-order valence-electron chi connectivity index (χ1n) is 12.7. The fraction of sp³-hybridized carbons (Fsp3) is 0.429. The molecular weight excluding hydrogens is 487 g/mol. The molecule has 2 aromatic heterocycles. The zero-order valence-electron chi connectivity index (χ0n) is 22.5. The first kappa shape index (κ1) is 27.1. The molecule has 10 heteroatoms. The molecule has 0 spiro atoms. The van der Waals surface area contributed by atoms with E-state index in [1.165, 1.54) is 23.2 Å². The maximum atomic E-state index is 13.8. The summed E-state index contributed by atoms with van der Waals surface area (Å²) < 4.78 is 15.5. The van der Waals surface area contributed by atoms with E-state index in [0.29, 0.717) is 31.9 Å². The van der Waals surface area contributed by atoms with Gasteiger partial charge < -0.3 is 20.2 Å². The molecule has 2 amide bonds. The van der Waals surface area contributed by atoms with Gasteiger partial charge in [0.25, 0.3) is 0 Å². The van der Waals surface area contributed by atoms with Gasteiger partial charge in [-0.2, -0.15) is 5.10 Å². The number of nitrogens with one attached hydrogen (secondary N) is 1. The molecule has 1 aromatic carbocycles. The van der Waals surface area contributed by atoms with E-state index >= 15 is 0 Å². The second-order valence-electron chi connectivity index (χ2n) is 11.1. The van der Waals surface area contributed by atoms with Crippen LogP contribution >= 0.6 is 0 Å². The Balaban J connectivity index is 1.60. The zero-order valence-corrected chi connectivity index (χ0v) is 22.5. The van der Waals surface area contributed by atoms with Crippen molar-refractivity contribution in [1.29, 1.82) is 0 Å². The van der Waals surface area contributed by atoms with Crippen LogP contribution in [0.4, 0.5) is 20.7 Å². The predicted molar refractivity (Wildman–Crippen MR) is 145 cm³/mol. The quantitative estimate of drug-likeness (QED) is 0.430. The van der Waals surface area contributed by atoms with Crippen LogP contribution in [0.1, 0.15) is 52.6 Å².